The number of rotatable bonds is 5. The number of carboxylic acid groups (broad SMARTS) is 1. The number of benzene rings is 1. The Morgan fingerprint density at radius 1 is 1.39 bits per heavy atom. The Hall–Kier alpha value is -1.31. The molecule has 0 bridgehead atoms. The maximum absolute atomic E-state index is 11.6. The quantitative estimate of drug-likeness (QED) is 0.797. The lowest BCUT2D eigenvalue weighted by Crippen LogP contribution is -2.28. The topological polar surface area (TPSA) is 37.3 Å². The van der Waals surface area contributed by atoms with Crippen molar-refractivity contribution in [2.45, 2.75) is 51.9 Å². The molecule has 1 aromatic carbocycles. The molecule has 0 radical (unpaired) electrons. The van der Waals surface area contributed by atoms with Gasteiger partial charge in [-0.1, -0.05) is 57.4 Å². The van der Waals surface area contributed by atoms with Gasteiger partial charge in [0, 0.05) is 0 Å². The van der Waals surface area contributed by atoms with Crippen LogP contribution in [0.1, 0.15) is 56.6 Å². The number of aliphatic carboxylic acids is 1. The summed E-state index contributed by atoms with van der Waals surface area (Å²) in [5, 5.41) is 9.55. The first kappa shape index (κ1) is 13.1. The summed E-state index contributed by atoms with van der Waals surface area (Å²) < 4.78 is 0. The van der Waals surface area contributed by atoms with Crippen molar-refractivity contribution in [3.63, 3.8) is 0 Å². The highest BCUT2D eigenvalue weighted by Gasteiger charge is 2.45. The fourth-order valence-electron chi connectivity index (χ4n) is 3.33. The number of fused-ring (bicyclic) bond motifs is 1. The van der Waals surface area contributed by atoms with E-state index in [0.717, 1.165) is 24.8 Å². The smallest absolute Gasteiger partial charge is 0.311 e. The third-order valence-electron chi connectivity index (χ3n) is 4.26. The number of hydrogen-bond acceptors (Lipinski definition) is 1. The zero-order chi connectivity index (χ0) is 13.2. The molecule has 1 aliphatic rings. The molecule has 1 aliphatic carbocycles. The van der Waals surface area contributed by atoms with Gasteiger partial charge in [-0.05, 0) is 29.4 Å². The molecule has 0 saturated carbocycles. The molecule has 0 aromatic heterocycles. The van der Waals surface area contributed by atoms with E-state index < -0.39 is 5.97 Å². The van der Waals surface area contributed by atoms with Crippen molar-refractivity contribution in [3.8, 4) is 0 Å². The van der Waals surface area contributed by atoms with Crippen LogP contribution in [0.4, 0.5) is 0 Å². The first-order valence-corrected chi connectivity index (χ1v) is 6.89. The van der Waals surface area contributed by atoms with Crippen LogP contribution >= 0.6 is 0 Å². The van der Waals surface area contributed by atoms with Crippen LogP contribution in [0.5, 0.6) is 0 Å². The van der Waals surface area contributed by atoms with Crippen molar-refractivity contribution in [1.82, 2.24) is 0 Å². The van der Waals surface area contributed by atoms with E-state index in [2.05, 4.69) is 19.9 Å². The van der Waals surface area contributed by atoms with Crippen molar-refractivity contribution in [3.05, 3.63) is 35.4 Å². The van der Waals surface area contributed by atoms with Gasteiger partial charge in [0.2, 0.25) is 0 Å². The van der Waals surface area contributed by atoms with Gasteiger partial charge in [-0.2, -0.15) is 0 Å². The molecule has 2 unspecified atom stereocenters. The molecule has 18 heavy (non-hydrogen) atoms. The standard InChI is InChI=1S/C16H22O2/c1-3-4-7-10-16(2)11-12-8-5-6-9-13(12)14(16)15(17)18/h5-6,8-9,14H,3-4,7,10-11H2,1-2H3,(H,17,18). The number of carboxylic acids is 1. The van der Waals surface area contributed by atoms with Crippen LogP contribution in [-0.2, 0) is 11.2 Å². The van der Waals surface area contributed by atoms with E-state index in [1.54, 1.807) is 0 Å². The molecule has 0 heterocycles. The summed E-state index contributed by atoms with van der Waals surface area (Å²) in [5.41, 5.74) is 2.15. The second-order valence-electron chi connectivity index (χ2n) is 5.76. The van der Waals surface area contributed by atoms with Crippen LogP contribution in [0.2, 0.25) is 0 Å². The van der Waals surface area contributed by atoms with E-state index >= 15 is 0 Å². The summed E-state index contributed by atoms with van der Waals surface area (Å²) in [5.74, 6) is -0.996. The van der Waals surface area contributed by atoms with E-state index in [0.29, 0.717) is 0 Å². The van der Waals surface area contributed by atoms with E-state index in [9.17, 15) is 9.90 Å². The lowest BCUT2D eigenvalue weighted by atomic mass is 9.74. The summed E-state index contributed by atoms with van der Waals surface area (Å²) in [6.07, 6.45) is 5.42. The van der Waals surface area contributed by atoms with Gasteiger partial charge >= 0.3 is 5.97 Å². The first-order valence-electron chi connectivity index (χ1n) is 6.89. The van der Waals surface area contributed by atoms with Crippen LogP contribution in [-0.4, -0.2) is 11.1 Å². The molecule has 0 fully saturated rings. The fourth-order valence-corrected chi connectivity index (χ4v) is 3.33. The van der Waals surface area contributed by atoms with Gasteiger partial charge in [0.1, 0.15) is 0 Å². The molecule has 0 amide bonds. The SMILES string of the molecule is CCCCCC1(C)Cc2ccccc2C1C(=O)O. The highest BCUT2D eigenvalue weighted by Crippen LogP contribution is 2.50. The minimum absolute atomic E-state index is 0.106. The summed E-state index contributed by atoms with van der Waals surface area (Å²) in [6.45, 7) is 4.32. The lowest BCUT2D eigenvalue weighted by Gasteiger charge is -2.29. The molecule has 0 aliphatic heterocycles. The molecule has 98 valence electrons. The minimum Gasteiger partial charge on any atom is -0.481 e. The van der Waals surface area contributed by atoms with Crippen molar-refractivity contribution in [1.29, 1.82) is 0 Å². The highest BCUT2D eigenvalue weighted by atomic mass is 16.4. The van der Waals surface area contributed by atoms with Crippen LogP contribution in [0.15, 0.2) is 24.3 Å². The Bertz CT molecular complexity index is 438. The maximum Gasteiger partial charge on any atom is 0.311 e. The largest absolute Gasteiger partial charge is 0.481 e. The van der Waals surface area contributed by atoms with Gasteiger partial charge in [-0.3, -0.25) is 4.79 Å². The predicted octanol–water partition coefficient (Wildman–Crippen LogP) is 4.00. The van der Waals surface area contributed by atoms with Gasteiger partial charge in [0.25, 0.3) is 0 Å². The molecular weight excluding hydrogens is 224 g/mol. The number of unbranched alkanes of at least 4 members (excludes halogenated alkanes) is 2. The van der Waals surface area contributed by atoms with Gasteiger partial charge in [-0.25, -0.2) is 0 Å². The highest BCUT2D eigenvalue weighted by molar-refractivity contribution is 5.79. The van der Waals surface area contributed by atoms with Gasteiger partial charge < -0.3 is 5.11 Å². The number of carbonyl (C=O) groups is 1. The summed E-state index contributed by atoms with van der Waals surface area (Å²) in [6, 6.07) is 8.03. The molecule has 0 saturated heterocycles. The predicted molar refractivity (Wildman–Crippen MR) is 72.8 cm³/mol. The molecule has 1 aromatic rings. The lowest BCUT2D eigenvalue weighted by molar-refractivity contribution is -0.141. The Kier molecular flexibility index (Phi) is 3.74. The van der Waals surface area contributed by atoms with Gasteiger partial charge in [0.05, 0.1) is 5.92 Å². The maximum atomic E-state index is 11.6. The molecule has 2 nitrogen and oxygen atoms in total. The number of hydrogen-bond donors (Lipinski definition) is 1. The molecular formula is C16H22O2. The fraction of sp³-hybridized carbons (Fsp3) is 0.562. The molecule has 2 atom stereocenters. The van der Waals surface area contributed by atoms with Crippen LogP contribution < -0.4 is 0 Å². The monoisotopic (exact) mass is 246 g/mol. The Balaban J connectivity index is 2.25. The van der Waals surface area contributed by atoms with Crippen molar-refractivity contribution in [2.75, 3.05) is 0 Å². The Labute approximate surface area is 109 Å². The van der Waals surface area contributed by atoms with Gasteiger partial charge in [0.15, 0.2) is 0 Å². The van der Waals surface area contributed by atoms with Gasteiger partial charge in [-0.15, -0.1) is 0 Å². The third-order valence-corrected chi connectivity index (χ3v) is 4.26. The second kappa shape index (κ2) is 5.13. The molecule has 2 rings (SSSR count). The third kappa shape index (κ3) is 2.29. The van der Waals surface area contributed by atoms with E-state index in [4.69, 9.17) is 0 Å². The zero-order valence-electron chi connectivity index (χ0n) is 11.3. The minimum atomic E-state index is -0.668. The van der Waals surface area contributed by atoms with E-state index in [1.807, 2.05) is 18.2 Å². The van der Waals surface area contributed by atoms with Crippen molar-refractivity contribution < 1.29 is 9.90 Å². The Morgan fingerprint density at radius 2 is 2.11 bits per heavy atom. The van der Waals surface area contributed by atoms with Crippen LogP contribution in [0.3, 0.4) is 0 Å². The van der Waals surface area contributed by atoms with E-state index in [1.165, 1.54) is 18.4 Å². The first-order chi connectivity index (χ1) is 8.58. The second-order valence-corrected chi connectivity index (χ2v) is 5.76. The Morgan fingerprint density at radius 3 is 2.78 bits per heavy atom. The molecule has 2 heteroatoms. The zero-order valence-corrected chi connectivity index (χ0v) is 11.3. The molecule has 1 N–H and O–H groups in total. The normalized spacial score (nSPS) is 26.0. The van der Waals surface area contributed by atoms with Crippen LogP contribution in [0.25, 0.3) is 0 Å². The summed E-state index contributed by atoms with van der Waals surface area (Å²) in [7, 11) is 0. The van der Waals surface area contributed by atoms with Crippen molar-refractivity contribution >= 4 is 5.97 Å². The average Bonchev–Trinajstić information content (AvgIpc) is 2.61. The molecule has 0 spiro atoms. The summed E-state index contributed by atoms with van der Waals surface area (Å²) >= 11 is 0. The summed E-state index contributed by atoms with van der Waals surface area (Å²) in [4.78, 5) is 11.6. The van der Waals surface area contributed by atoms with E-state index in [-0.39, 0.29) is 11.3 Å². The van der Waals surface area contributed by atoms with Crippen molar-refractivity contribution in [2.24, 2.45) is 5.41 Å². The average molecular weight is 246 g/mol. The van der Waals surface area contributed by atoms with Crippen LogP contribution in [0, 0.1) is 5.41 Å².